The van der Waals surface area contributed by atoms with Gasteiger partial charge in [-0.2, -0.15) is 0 Å². The molecule has 0 fully saturated rings. The molecule has 1 N–H and O–H groups in total. The highest BCUT2D eigenvalue weighted by atomic mass is 35.5. The van der Waals surface area contributed by atoms with Gasteiger partial charge in [0.2, 0.25) is 0 Å². The predicted molar refractivity (Wildman–Crippen MR) is 84.3 cm³/mol. The first-order valence-electron chi connectivity index (χ1n) is 6.36. The van der Waals surface area contributed by atoms with Crippen LogP contribution < -0.4 is 10.1 Å². The number of amides is 1. The van der Waals surface area contributed by atoms with E-state index >= 15 is 0 Å². The van der Waals surface area contributed by atoms with Gasteiger partial charge in [-0.3, -0.25) is 4.79 Å². The van der Waals surface area contributed by atoms with E-state index in [4.69, 9.17) is 27.9 Å². The van der Waals surface area contributed by atoms with E-state index in [0.717, 1.165) is 16.9 Å². The van der Waals surface area contributed by atoms with Gasteiger partial charge in [-0.05, 0) is 30.2 Å². The molecule has 0 unspecified atom stereocenters. The van der Waals surface area contributed by atoms with Crippen LogP contribution in [0.1, 0.15) is 21.6 Å². The summed E-state index contributed by atoms with van der Waals surface area (Å²) in [5.74, 6) is 0.567. The van der Waals surface area contributed by atoms with E-state index in [9.17, 15) is 4.79 Å². The molecular formula is C15H16Cl2N2O2. The van der Waals surface area contributed by atoms with Crippen molar-refractivity contribution < 1.29 is 9.53 Å². The van der Waals surface area contributed by atoms with Crippen molar-refractivity contribution in [3.05, 3.63) is 51.3 Å². The summed E-state index contributed by atoms with van der Waals surface area (Å²) in [6, 6.07) is 7.36. The molecular weight excluding hydrogens is 311 g/mol. The largest absolute Gasteiger partial charge is 0.496 e. The molecule has 0 atom stereocenters. The SMILES string of the molecule is COc1cc(CNC(=O)c2cc(Cl)c(Cl)n2C)ccc1C. The van der Waals surface area contributed by atoms with Crippen LogP contribution in [0.3, 0.4) is 0 Å². The van der Waals surface area contributed by atoms with Crippen molar-refractivity contribution in [3.63, 3.8) is 0 Å². The Labute approximate surface area is 133 Å². The van der Waals surface area contributed by atoms with E-state index in [1.54, 1.807) is 24.8 Å². The summed E-state index contributed by atoms with van der Waals surface area (Å²) in [4.78, 5) is 12.1. The fourth-order valence-electron chi connectivity index (χ4n) is 2.01. The fourth-order valence-corrected chi connectivity index (χ4v) is 2.38. The van der Waals surface area contributed by atoms with Gasteiger partial charge < -0.3 is 14.6 Å². The predicted octanol–water partition coefficient (Wildman–Crippen LogP) is 3.58. The number of nitrogens with one attached hydrogen (secondary N) is 1. The quantitative estimate of drug-likeness (QED) is 0.933. The van der Waals surface area contributed by atoms with Gasteiger partial charge >= 0.3 is 0 Å². The van der Waals surface area contributed by atoms with Crippen LogP contribution in [-0.2, 0) is 13.6 Å². The minimum Gasteiger partial charge on any atom is -0.496 e. The topological polar surface area (TPSA) is 43.3 Å². The molecule has 1 aromatic carbocycles. The lowest BCUT2D eigenvalue weighted by atomic mass is 10.1. The lowest BCUT2D eigenvalue weighted by molar-refractivity contribution is 0.0943. The third-order valence-electron chi connectivity index (χ3n) is 3.27. The Kier molecular flexibility index (Phi) is 4.80. The van der Waals surface area contributed by atoms with Crippen LogP contribution in [-0.4, -0.2) is 17.6 Å². The number of hydrogen-bond acceptors (Lipinski definition) is 2. The average molecular weight is 327 g/mol. The second kappa shape index (κ2) is 6.41. The van der Waals surface area contributed by atoms with E-state index in [1.165, 1.54) is 0 Å². The van der Waals surface area contributed by atoms with Crippen molar-refractivity contribution in [2.75, 3.05) is 7.11 Å². The molecule has 0 aliphatic rings. The highest BCUT2D eigenvalue weighted by Gasteiger charge is 2.15. The molecule has 21 heavy (non-hydrogen) atoms. The lowest BCUT2D eigenvalue weighted by Crippen LogP contribution is -2.24. The third kappa shape index (κ3) is 3.34. The monoisotopic (exact) mass is 326 g/mol. The number of aryl methyl sites for hydroxylation is 1. The Morgan fingerprint density at radius 1 is 1.33 bits per heavy atom. The van der Waals surface area contributed by atoms with Gasteiger partial charge in [-0.1, -0.05) is 35.3 Å². The van der Waals surface area contributed by atoms with E-state index in [-0.39, 0.29) is 5.91 Å². The standard InChI is InChI=1S/C15H16Cl2N2O2/c1-9-4-5-10(6-13(9)21-3)8-18-15(20)12-7-11(16)14(17)19(12)2/h4-7H,8H2,1-3H3,(H,18,20). The molecule has 4 nitrogen and oxygen atoms in total. The summed E-state index contributed by atoms with van der Waals surface area (Å²) in [6.07, 6.45) is 0. The summed E-state index contributed by atoms with van der Waals surface area (Å²) in [7, 11) is 3.32. The van der Waals surface area contributed by atoms with Crippen LogP contribution in [0.4, 0.5) is 0 Å². The minimum atomic E-state index is -0.231. The number of hydrogen-bond donors (Lipinski definition) is 1. The van der Waals surface area contributed by atoms with Crippen molar-refractivity contribution in [3.8, 4) is 5.75 Å². The average Bonchev–Trinajstić information content (AvgIpc) is 2.73. The molecule has 1 amide bonds. The molecule has 0 aliphatic heterocycles. The first-order chi connectivity index (χ1) is 9.93. The van der Waals surface area contributed by atoms with E-state index < -0.39 is 0 Å². The fraction of sp³-hybridized carbons (Fsp3) is 0.267. The third-order valence-corrected chi connectivity index (χ3v) is 4.12. The van der Waals surface area contributed by atoms with Crippen molar-refractivity contribution in [1.29, 1.82) is 0 Å². The van der Waals surface area contributed by atoms with Crippen molar-refractivity contribution in [2.45, 2.75) is 13.5 Å². The Balaban J connectivity index is 2.09. The first kappa shape index (κ1) is 15.7. The van der Waals surface area contributed by atoms with Gasteiger partial charge in [-0.15, -0.1) is 0 Å². The molecule has 1 heterocycles. The van der Waals surface area contributed by atoms with Crippen molar-refractivity contribution >= 4 is 29.1 Å². The highest BCUT2D eigenvalue weighted by molar-refractivity contribution is 6.41. The molecule has 6 heteroatoms. The van der Waals surface area contributed by atoms with Crippen LogP contribution >= 0.6 is 23.2 Å². The Morgan fingerprint density at radius 2 is 2.05 bits per heavy atom. The molecule has 0 spiro atoms. The number of benzene rings is 1. The number of carbonyl (C=O) groups is 1. The molecule has 2 rings (SSSR count). The Hall–Kier alpha value is -1.65. The van der Waals surface area contributed by atoms with Crippen LogP contribution in [0.25, 0.3) is 0 Å². The Morgan fingerprint density at radius 3 is 2.62 bits per heavy atom. The number of nitrogens with zero attached hydrogens (tertiary/aromatic N) is 1. The minimum absolute atomic E-state index is 0.231. The molecule has 0 saturated carbocycles. The lowest BCUT2D eigenvalue weighted by Gasteiger charge is -2.09. The number of halogens is 2. The summed E-state index contributed by atoms with van der Waals surface area (Å²) in [5.41, 5.74) is 2.43. The maximum Gasteiger partial charge on any atom is 0.268 e. The van der Waals surface area contributed by atoms with Crippen LogP contribution in [0.5, 0.6) is 5.75 Å². The summed E-state index contributed by atoms with van der Waals surface area (Å²) >= 11 is 11.9. The number of methoxy groups -OCH3 is 1. The second-order valence-corrected chi connectivity index (χ2v) is 5.48. The second-order valence-electron chi connectivity index (χ2n) is 4.71. The van der Waals surface area contributed by atoms with Crippen LogP contribution in [0.15, 0.2) is 24.3 Å². The van der Waals surface area contributed by atoms with E-state index in [1.807, 2.05) is 25.1 Å². The van der Waals surface area contributed by atoms with Gasteiger partial charge in [0.25, 0.3) is 5.91 Å². The number of ether oxygens (including phenoxy) is 1. The van der Waals surface area contributed by atoms with Gasteiger partial charge in [-0.25, -0.2) is 0 Å². The van der Waals surface area contributed by atoms with Crippen molar-refractivity contribution in [2.24, 2.45) is 7.05 Å². The normalized spacial score (nSPS) is 10.5. The number of carbonyl (C=O) groups excluding carboxylic acids is 1. The molecule has 112 valence electrons. The maximum atomic E-state index is 12.1. The molecule has 2 aromatic rings. The molecule has 0 bridgehead atoms. The van der Waals surface area contributed by atoms with Gasteiger partial charge in [0.15, 0.2) is 0 Å². The first-order valence-corrected chi connectivity index (χ1v) is 7.12. The molecule has 0 aliphatic carbocycles. The highest BCUT2D eigenvalue weighted by Crippen LogP contribution is 2.25. The molecule has 0 radical (unpaired) electrons. The Bertz CT molecular complexity index is 681. The zero-order chi connectivity index (χ0) is 15.6. The number of rotatable bonds is 4. The van der Waals surface area contributed by atoms with Gasteiger partial charge in [0.1, 0.15) is 16.6 Å². The molecule has 1 aromatic heterocycles. The maximum absolute atomic E-state index is 12.1. The zero-order valence-corrected chi connectivity index (χ0v) is 13.5. The van der Waals surface area contributed by atoms with Gasteiger partial charge in [0.05, 0.1) is 12.1 Å². The van der Waals surface area contributed by atoms with Gasteiger partial charge in [0, 0.05) is 13.6 Å². The molecule has 0 saturated heterocycles. The smallest absolute Gasteiger partial charge is 0.268 e. The summed E-state index contributed by atoms with van der Waals surface area (Å²) in [5, 5.41) is 3.54. The zero-order valence-electron chi connectivity index (χ0n) is 12.0. The van der Waals surface area contributed by atoms with Crippen LogP contribution in [0, 0.1) is 6.92 Å². The summed E-state index contributed by atoms with van der Waals surface area (Å²) in [6.45, 7) is 2.37. The van der Waals surface area contributed by atoms with Crippen LogP contribution in [0.2, 0.25) is 10.2 Å². The number of aromatic nitrogens is 1. The van der Waals surface area contributed by atoms with E-state index in [0.29, 0.717) is 22.4 Å². The van der Waals surface area contributed by atoms with E-state index in [2.05, 4.69) is 5.32 Å². The summed E-state index contributed by atoms with van der Waals surface area (Å²) < 4.78 is 6.81. The van der Waals surface area contributed by atoms with Crippen molar-refractivity contribution in [1.82, 2.24) is 9.88 Å².